The van der Waals surface area contributed by atoms with Crippen molar-refractivity contribution in [1.82, 2.24) is 4.72 Å². The maximum absolute atomic E-state index is 12.6. The van der Waals surface area contributed by atoms with Crippen molar-refractivity contribution < 1.29 is 17.9 Å². The highest BCUT2D eigenvalue weighted by Gasteiger charge is 2.23. The largest absolute Gasteiger partial charge is 0.462 e. The van der Waals surface area contributed by atoms with Gasteiger partial charge < -0.3 is 10.5 Å². The molecule has 0 aliphatic rings. The molecule has 1 atom stereocenters. The molecule has 130 valence electrons. The van der Waals surface area contributed by atoms with Crippen LogP contribution in [0.2, 0.25) is 0 Å². The molecule has 0 radical (unpaired) electrons. The fraction of sp³-hybridized carbons (Fsp3) is 0.562. The molecule has 0 aliphatic heterocycles. The summed E-state index contributed by atoms with van der Waals surface area (Å²) in [5.74, 6) is -0.222. The average Bonchev–Trinajstić information content (AvgIpc) is 2.46. The third kappa shape index (κ3) is 5.60. The van der Waals surface area contributed by atoms with Crippen LogP contribution in [-0.2, 0) is 14.8 Å². The van der Waals surface area contributed by atoms with Crippen LogP contribution in [0, 0.1) is 12.8 Å². The minimum atomic E-state index is -3.76. The van der Waals surface area contributed by atoms with E-state index in [0.717, 1.165) is 0 Å². The Labute approximate surface area is 138 Å². The molecule has 0 fully saturated rings. The molecule has 0 aromatic heterocycles. The number of hydrogen-bond acceptors (Lipinski definition) is 5. The Morgan fingerprint density at radius 3 is 2.52 bits per heavy atom. The van der Waals surface area contributed by atoms with Crippen molar-refractivity contribution in [2.24, 2.45) is 11.7 Å². The average molecular weight is 342 g/mol. The molecule has 0 amide bonds. The summed E-state index contributed by atoms with van der Waals surface area (Å²) in [6.07, 6.45) is 0.645. The van der Waals surface area contributed by atoms with Gasteiger partial charge in [-0.2, -0.15) is 0 Å². The monoisotopic (exact) mass is 342 g/mol. The number of carbonyl (C=O) groups is 1. The lowest BCUT2D eigenvalue weighted by Crippen LogP contribution is -2.41. The first kappa shape index (κ1) is 19.6. The zero-order chi connectivity index (χ0) is 17.6. The summed E-state index contributed by atoms with van der Waals surface area (Å²) in [6, 6.07) is 4.16. The van der Waals surface area contributed by atoms with Crippen molar-refractivity contribution in [3.8, 4) is 0 Å². The fourth-order valence-corrected chi connectivity index (χ4v) is 3.81. The Bertz CT molecular complexity index is 641. The third-order valence-corrected chi connectivity index (χ3v) is 5.01. The summed E-state index contributed by atoms with van der Waals surface area (Å²) in [7, 11) is -3.76. The maximum atomic E-state index is 12.6. The molecule has 0 spiro atoms. The van der Waals surface area contributed by atoms with Crippen molar-refractivity contribution in [3.63, 3.8) is 0 Å². The summed E-state index contributed by atoms with van der Waals surface area (Å²) < 4.78 is 32.8. The van der Waals surface area contributed by atoms with E-state index in [9.17, 15) is 13.2 Å². The highest BCUT2D eigenvalue weighted by atomic mass is 32.2. The van der Waals surface area contributed by atoms with Crippen LogP contribution in [0.25, 0.3) is 0 Å². The van der Waals surface area contributed by atoms with E-state index in [-0.39, 0.29) is 29.7 Å². The minimum Gasteiger partial charge on any atom is -0.462 e. The second-order valence-corrected chi connectivity index (χ2v) is 7.57. The maximum Gasteiger partial charge on any atom is 0.338 e. The van der Waals surface area contributed by atoms with Gasteiger partial charge in [-0.1, -0.05) is 19.9 Å². The van der Waals surface area contributed by atoms with Crippen molar-refractivity contribution >= 4 is 16.0 Å². The Morgan fingerprint density at radius 2 is 2.00 bits per heavy atom. The topological polar surface area (TPSA) is 98.5 Å². The van der Waals surface area contributed by atoms with Gasteiger partial charge in [-0.3, -0.25) is 0 Å². The number of aryl methyl sites for hydroxylation is 1. The highest BCUT2D eigenvalue weighted by Crippen LogP contribution is 2.19. The fourth-order valence-electron chi connectivity index (χ4n) is 2.28. The zero-order valence-electron chi connectivity index (χ0n) is 14.1. The number of sulfonamides is 1. The molecule has 3 N–H and O–H groups in total. The van der Waals surface area contributed by atoms with Crippen LogP contribution in [0.4, 0.5) is 0 Å². The summed E-state index contributed by atoms with van der Waals surface area (Å²) in [5.41, 5.74) is 6.44. The molecule has 0 bridgehead atoms. The second-order valence-electron chi connectivity index (χ2n) is 5.88. The molecule has 0 aliphatic carbocycles. The first-order valence-electron chi connectivity index (χ1n) is 7.71. The zero-order valence-corrected chi connectivity index (χ0v) is 14.9. The van der Waals surface area contributed by atoms with Gasteiger partial charge >= 0.3 is 5.97 Å². The number of nitrogens with two attached hydrogens (primary N) is 1. The molecular weight excluding hydrogens is 316 g/mol. The van der Waals surface area contributed by atoms with Crippen LogP contribution in [0.3, 0.4) is 0 Å². The van der Waals surface area contributed by atoms with Crippen LogP contribution < -0.4 is 10.5 Å². The lowest BCUT2D eigenvalue weighted by molar-refractivity contribution is 0.0526. The van der Waals surface area contributed by atoms with Gasteiger partial charge in [0.15, 0.2) is 0 Å². The van der Waals surface area contributed by atoms with Crippen molar-refractivity contribution in [2.75, 3.05) is 13.2 Å². The van der Waals surface area contributed by atoms with Crippen LogP contribution in [0.15, 0.2) is 23.1 Å². The Kier molecular flexibility index (Phi) is 7.18. The van der Waals surface area contributed by atoms with Gasteiger partial charge in [0.05, 0.1) is 17.1 Å². The first-order valence-corrected chi connectivity index (χ1v) is 9.19. The van der Waals surface area contributed by atoms with E-state index in [0.29, 0.717) is 17.9 Å². The van der Waals surface area contributed by atoms with Crippen LogP contribution in [0.1, 0.15) is 43.1 Å². The second kappa shape index (κ2) is 8.42. The lowest BCUT2D eigenvalue weighted by Gasteiger charge is -2.19. The molecule has 1 aromatic rings. The quantitative estimate of drug-likeness (QED) is 0.702. The summed E-state index contributed by atoms with van der Waals surface area (Å²) in [5, 5.41) is 0. The van der Waals surface area contributed by atoms with Crippen molar-refractivity contribution in [3.05, 3.63) is 29.3 Å². The van der Waals surface area contributed by atoms with E-state index in [1.807, 2.05) is 13.8 Å². The van der Waals surface area contributed by atoms with E-state index in [2.05, 4.69) is 4.72 Å². The summed E-state index contributed by atoms with van der Waals surface area (Å²) in [6.45, 7) is 7.84. The van der Waals surface area contributed by atoms with Crippen molar-refractivity contribution in [2.45, 2.75) is 45.1 Å². The Hall–Kier alpha value is -1.44. The predicted octanol–water partition coefficient (Wildman–Crippen LogP) is 1.82. The molecule has 0 saturated heterocycles. The van der Waals surface area contributed by atoms with Gasteiger partial charge in [0, 0.05) is 12.6 Å². The van der Waals surface area contributed by atoms with E-state index in [1.165, 1.54) is 6.07 Å². The molecular formula is C16H26N2O4S. The van der Waals surface area contributed by atoms with E-state index in [4.69, 9.17) is 10.5 Å². The summed E-state index contributed by atoms with van der Waals surface area (Å²) >= 11 is 0. The van der Waals surface area contributed by atoms with Gasteiger partial charge in [0.25, 0.3) is 0 Å². The first-order chi connectivity index (χ1) is 10.7. The molecule has 23 heavy (non-hydrogen) atoms. The van der Waals surface area contributed by atoms with Crippen LogP contribution in [-0.4, -0.2) is 33.6 Å². The van der Waals surface area contributed by atoms with Crippen LogP contribution >= 0.6 is 0 Å². The SMILES string of the molecule is CCOC(=O)c1ccc(C)c(S(=O)(=O)NC(CN)CC(C)C)c1. The van der Waals surface area contributed by atoms with E-state index >= 15 is 0 Å². The van der Waals surface area contributed by atoms with E-state index in [1.54, 1.807) is 26.0 Å². The smallest absolute Gasteiger partial charge is 0.338 e. The predicted molar refractivity (Wildman–Crippen MR) is 89.8 cm³/mol. The molecule has 0 heterocycles. The van der Waals surface area contributed by atoms with Gasteiger partial charge in [-0.05, 0) is 43.9 Å². The number of rotatable bonds is 8. The number of carbonyl (C=O) groups excluding carboxylic acids is 1. The normalized spacial score (nSPS) is 13.1. The van der Waals surface area contributed by atoms with Gasteiger partial charge in [-0.15, -0.1) is 0 Å². The highest BCUT2D eigenvalue weighted by molar-refractivity contribution is 7.89. The summed E-state index contributed by atoms with van der Waals surface area (Å²) in [4.78, 5) is 11.9. The standard InChI is InChI=1S/C16H26N2O4S/c1-5-22-16(19)13-7-6-12(4)15(9-13)23(20,21)18-14(10-17)8-11(2)3/h6-7,9,11,14,18H,5,8,10,17H2,1-4H3. The minimum absolute atomic E-state index is 0.0743. The number of esters is 1. The van der Waals surface area contributed by atoms with Crippen LogP contribution in [0.5, 0.6) is 0 Å². The van der Waals surface area contributed by atoms with Gasteiger partial charge in [0.1, 0.15) is 0 Å². The number of nitrogens with one attached hydrogen (secondary N) is 1. The molecule has 1 unspecified atom stereocenters. The van der Waals surface area contributed by atoms with Crippen molar-refractivity contribution in [1.29, 1.82) is 0 Å². The van der Waals surface area contributed by atoms with Gasteiger partial charge in [-0.25, -0.2) is 17.9 Å². The number of benzene rings is 1. The molecule has 1 rings (SSSR count). The number of hydrogen-bond donors (Lipinski definition) is 2. The Morgan fingerprint density at radius 1 is 1.35 bits per heavy atom. The molecule has 7 heteroatoms. The molecule has 1 aromatic carbocycles. The lowest BCUT2D eigenvalue weighted by atomic mass is 10.1. The third-order valence-electron chi connectivity index (χ3n) is 3.35. The van der Waals surface area contributed by atoms with E-state index < -0.39 is 16.0 Å². The van der Waals surface area contributed by atoms with Gasteiger partial charge in [0.2, 0.25) is 10.0 Å². The number of ether oxygens (including phenoxy) is 1. The molecule has 6 nitrogen and oxygen atoms in total. The Balaban J connectivity index is 3.11. The molecule has 0 saturated carbocycles.